The summed E-state index contributed by atoms with van der Waals surface area (Å²) in [7, 11) is 0. The number of para-hydroxylation sites is 1. The molecule has 5 heteroatoms. The zero-order valence-electron chi connectivity index (χ0n) is 11.5. The highest BCUT2D eigenvalue weighted by Gasteiger charge is 2.29. The molecule has 104 valence electrons. The monoisotopic (exact) mass is 270 g/mol. The fourth-order valence-electron chi connectivity index (χ4n) is 2.50. The van der Waals surface area contributed by atoms with Crippen LogP contribution in [0.15, 0.2) is 30.6 Å². The molecule has 1 saturated heterocycles. The number of carbonyl (C=O) groups excluding carboxylic acids is 1. The summed E-state index contributed by atoms with van der Waals surface area (Å²) in [5.41, 5.74) is 2.10. The zero-order chi connectivity index (χ0) is 13.9. The van der Waals surface area contributed by atoms with Crippen molar-refractivity contribution >= 4 is 16.9 Å². The number of amides is 1. The van der Waals surface area contributed by atoms with Gasteiger partial charge in [0.25, 0.3) is 5.91 Å². The van der Waals surface area contributed by atoms with E-state index >= 15 is 0 Å². The largest absolute Gasteiger partial charge is 0.333 e. The highest BCUT2D eigenvalue weighted by molar-refractivity contribution is 6.04. The van der Waals surface area contributed by atoms with Crippen molar-refractivity contribution in [3.05, 3.63) is 36.2 Å². The van der Waals surface area contributed by atoms with Crippen LogP contribution in [0.2, 0.25) is 0 Å². The van der Waals surface area contributed by atoms with Crippen molar-refractivity contribution in [3.8, 4) is 0 Å². The maximum absolute atomic E-state index is 12.8. The van der Waals surface area contributed by atoms with Gasteiger partial charge in [-0.15, -0.1) is 0 Å². The first-order valence-corrected chi connectivity index (χ1v) is 7.02. The predicted octanol–water partition coefficient (Wildman–Crippen LogP) is 1.45. The summed E-state index contributed by atoms with van der Waals surface area (Å²) in [5, 5.41) is 3.22. The fraction of sp³-hybridized carbons (Fsp3) is 0.400. The first kappa shape index (κ1) is 13.0. The molecule has 1 fully saturated rings. The summed E-state index contributed by atoms with van der Waals surface area (Å²) in [6.07, 6.45) is 4.24. The van der Waals surface area contributed by atoms with Gasteiger partial charge in [-0.05, 0) is 18.6 Å². The number of nitrogens with one attached hydrogen (secondary N) is 1. The molecule has 1 amide bonds. The number of hydrogen-bond donors (Lipinski definition) is 1. The second-order valence-electron chi connectivity index (χ2n) is 5.04. The first-order chi connectivity index (χ1) is 9.81. The topological polar surface area (TPSA) is 58.1 Å². The normalized spacial score (nSPS) is 15.1. The van der Waals surface area contributed by atoms with Gasteiger partial charge in [-0.25, -0.2) is 0 Å². The smallest absolute Gasteiger partial charge is 0.256 e. The molecule has 0 unspecified atom stereocenters. The molecule has 1 aromatic heterocycles. The van der Waals surface area contributed by atoms with E-state index in [1.54, 1.807) is 12.4 Å². The van der Waals surface area contributed by atoms with Crippen LogP contribution in [0.1, 0.15) is 23.7 Å². The summed E-state index contributed by atoms with van der Waals surface area (Å²) in [4.78, 5) is 23.4. The molecule has 1 aliphatic heterocycles. The van der Waals surface area contributed by atoms with E-state index in [0.717, 1.165) is 31.6 Å². The third-order valence-electron chi connectivity index (χ3n) is 3.66. The standard InChI is InChI=1S/C15H18N4O/c1-2-8-19(11-9-16-10-11)15(20)12-4-3-5-13-14(12)18-7-6-17-13/h3-7,11,16H,2,8-10H2,1H3. The van der Waals surface area contributed by atoms with Gasteiger partial charge in [0.2, 0.25) is 0 Å². The van der Waals surface area contributed by atoms with Crippen LogP contribution in [0.25, 0.3) is 11.0 Å². The SMILES string of the molecule is CCCN(C(=O)c1cccc2nccnc12)C1CNC1. The predicted molar refractivity (Wildman–Crippen MR) is 77.5 cm³/mol. The van der Waals surface area contributed by atoms with Crippen LogP contribution < -0.4 is 5.32 Å². The average molecular weight is 270 g/mol. The van der Waals surface area contributed by atoms with Gasteiger partial charge in [0.15, 0.2) is 0 Å². The molecule has 2 heterocycles. The van der Waals surface area contributed by atoms with Gasteiger partial charge in [0.05, 0.1) is 17.1 Å². The first-order valence-electron chi connectivity index (χ1n) is 7.02. The van der Waals surface area contributed by atoms with Gasteiger partial charge in [-0.1, -0.05) is 13.0 Å². The van der Waals surface area contributed by atoms with E-state index in [1.165, 1.54) is 0 Å². The van der Waals surface area contributed by atoms with Crippen LogP contribution in [0.5, 0.6) is 0 Å². The lowest BCUT2D eigenvalue weighted by molar-refractivity contribution is 0.0617. The third kappa shape index (κ3) is 2.25. The minimum atomic E-state index is 0.0597. The molecule has 0 atom stereocenters. The number of carbonyl (C=O) groups is 1. The Kier molecular flexibility index (Phi) is 3.60. The maximum Gasteiger partial charge on any atom is 0.256 e. The summed E-state index contributed by atoms with van der Waals surface area (Å²) in [6.45, 7) is 4.63. The van der Waals surface area contributed by atoms with Crippen LogP contribution >= 0.6 is 0 Å². The van der Waals surface area contributed by atoms with Gasteiger partial charge in [0, 0.05) is 32.0 Å². The lowest BCUT2D eigenvalue weighted by atomic mass is 10.1. The second kappa shape index (κ2) is 5.54. The van der Waals surface area contributed by atoms with Crippen molar-refractivity contribution in [1.29, 1.82) is 0 Å². The molecule has 2 aromatic rings. The van der Waals surface area contributed by atoms with Crippen molar-refractivity contribution < 1.29 is 4.79 Å². The van der Waals surface area contributed by atoms with Crippen molar-refractivity contribution in [2.75, 3.05) is 19.6 Å². The number of fused-ring (bicyclic) bond motifs is 1. The van der Waals surface area contributed by atoms with Crippen LogP contribution in [0.3, 0.4) is 0 Å². The van der Waals surface area contributed by atoms with E-state index in [4.69, 9.17) is 0 Å². The Bertz CT molecular complexity index is 619. The second-order valence-corrected chi connectivity index (χ2v) is 5.04. The quantitative estimate of drug-likeness (QED) is 0.913. The maximum atomic E-state index is 12.8. The molecule has 1 aromatic carbocycles. The average Bonchev–Trinajstić information content (AvgIpc) is 2.43. The van der Waals surface area contributed by atoms with Gasteiger partial charge < -0.3 is 10.2 Å². The van der Waals surface area contributed by atoms with E-state index < -0.39 is 0 Å². The number of benzene rings is 1. The Hall–Kier alpha value is -2.01. The Morgan fingerprint density at radius 2 is 2.15 bits per heavy atom. The Morgan fingerprint density at radius 3 is 2.85 bits per heavy atom. The molecule has 5 nitrogen and oxygen atoms in total. The third-order valence-corrected chi connectivity index (χ3v) is 3.66. The highest BCUT2D eigenvalue weighted by atomic mass is 16.2. The van der Waals surface area contributed by atoms with Crippen LogP contribution in [0.4, 0.5) is 0 Å². The minimum absolute atomic E-state index is 0.0597. The lowest BCUT2D eigenvalue weighted by Gasteiger charge is -2.38. The minimum Gasteiger partial charge on any atom is -0.333 e. The van der Waals surface area contributed by atoms with Crippen molar-refractivity contribution in [2.45, 2.75) is 19.4 Å². The summed E-state index contributed by atoms with van der Waals surface area (Å²) in [6, 6.07) is 5.89. The van der Waals surface area contributed by atoms with Gasteiger partial charge in [-0.2, -0.15) is 0 Å². The van der Waals surface area contributed by atoms with Crippen molar-refractivity contribution in [1.82, 2.24) is 20.2 Å². The molecule has 0 spiro atoms. The van der Waals surface area contributed by atoms with E-state index in [2.05, 4.69) is 22.2 Å². The van der Waals surface area contributed by atoms with Crippen LogP contribution in [-0.4, -0.2) is 46.5 Å². The van der Waals surface area contributed by atoms with E-state index in [9.17, 15) is 4.79 Å². The lowest BCUT2D eigenvalue weighted by Crippen LogP contribution is -2.59. The number of nitrogens with zero attached hydrogens (tertiary/aromatic N) is 3. The van der Waals surface area contributed by atoms with Gasteiger partial charge in [0.1, 0.15) is 5.52 Å². The molecular formula is C15H18N4O. The molecule has 1 aliphatic rings. The highest BCUT2D eigenvalue weighted by Crippen LogP contribution is 2.18. The van der Waals surface area contributed by atoms with E-state index in [1.807, 2.05) is 23.1 Å². The summed E-state index contributed by atoms with van der Waals surface area (Å²) >= 11 is 0. The van der Waals surface area contributed by atoms with Crippen molar-refractivity contribution in [3.63, 3.8) is 0 Å². The van der Waals surface area contributed by atoms with Gasteiger partial charge >= 0.3 is 0 Å². The van der Waals surface area contributed by atoms with Gasteiger partial charge in [-0.3, -0.25) is 14.8 Å². The number of aromatic nitrogens is 2. The fourth-order valence-corrected chi connectivity index (χ4v) is 2.50. The molecule has 0 saturated carbocycles. The zero-order valence-corrected chi connectivity index (χ0v) is 11.5. The van der Waals surface area contributed by atoms with Crippen molar-refractivity contribution in [2.24, 2.45) is 0 Å². The molecule has 0 bridgehead atoms. The molecule has 0 aliphatic carbocycles. The van der Waals surface area contributed by atoms with E-state index in [0.29, 0.717) is 17.1 Å². The summed E-state index contributed by atoms with van der Waals surface area (Å²) in [5.74, 6) is 0.0597. The summed E-state index contributed by atoms with van der Waals surface area (Å²) < 4.78 is 0. The van der Waals surface area contributed by atoms with Crippen LogP contribution in [0, 0.1) is 0 Å². The molecular weight excluding hydrogens is 252 g/mol. The Labute approximate surface area is 118 Å². The number of rotatable bonds is 4. The molecule has 0 radical (unpaired) electrons. The van der Waals surface area contributed by atoms with Crippen LogP contribution in [-0.2, 0) is 0 Å². The molecule has 3 rings (SSSR count). The Morgan fingerprint density at radius 1 is 1.35 bits per heavy atom. The number of hydrogen-bond acceptors (Lipinski definition) is 4. The molecule has 1 N–H and O–H groups in total. The van der Waals surface area contributed by atoms with E-state index in [-0.39, 0.29) is 5.91 Å². The molecule has 20 heavy (non-hydrogen) atoms. The Balaban J connectivity index is 1.98.